The highest BCUT2D eigenvalue weighted by Crippen LogP contribution is 2.33. The van der Waals surface area contributed by atoms with Gasteiger partial charge in [-0.25, -0.2) is 4.68 Å². The summed E-state index contributed by atoms with van der Waals surface area (Å²) in [5, 5.41) is 12.5. The summed E-state index contributed by atoms with van der Waals surface area (Å²) in [6.45, 7) is 6.40. The van der Waals surface area contributed by atoms with E-state index in [-0.39, 0.29) is 0 Å². The number of nitrogens with zero attached hydrogens (tertiary/aromatic N) is 4. The molecule has 1 N–H and O–H groups in total. The van der Waals surface area contributed by atoms with Crippen molar-refractivity contribution in [3.8, 4) is 11.3 Å². The standard InChI is InChI=1S/C16H21N5/c1-2-8-20-11-15-16(12-6-4-3-5-7-12)18-19-21(15)14-10-17-9-13(14)20/h3-7,13-14,17H,2,8-11H2,1H3/t13-,14-/m1/s1. The Hall–Kier alpha value is -1.72. The van der Waals surface area contributed by atoms with Crippen LogP contribution >= 0.6 is 0 Å². The first-order valence-electron chi connectivity index (χ1n) is 7.82. The SMILES string of the molecule is CCCN1Cc2c(-c3ccccc3)nnn2[C@@H]2CNC[C@H]21. The van der Waals surface area contributed by atoms with Crippen LogP contribution in [0.3, 0.4) is 0 Å². The van der Waals surface area contributed by atoms with Crippen LogP contribution < -0.4 is 5.32 Å². The monoisotopic (exact) mass is 283 g/mol. The predicted octanol–water partition coefficient (Wildman–Crippen LogP) is 1.68. The lowest BCUT2D eigenvalue weighted by Gasteiger charge is -2.37. The van der Waals surface area contributed by atoms with Crippen LogP contribution in [-0.4, -0.2) is 45.6 Å². The van der Waals surface area contributed by atoms with Crippen LogP contribution in [0.4, 0.5) is 0 Å². The minimum absolute atomic E-state index is 0.422. The summed E-state index contributed by atoms with van der Waals surface area (Å²) in [6, 6.07) is 11.4. The predicted molar refractivity (Wildman–Crippen MR) is 81.9 cm³/mol. The fraction of sp³-hybridized carbons (Fsp3) is 0.500. The molecule has 3 heterocycles. The van der Waals surface area contributed by atoms with Crippen LogP contribution in [0.5, 0.6) is 0 Å². The van der Waals surface area contributed by atoms with Gasteiger partial charge in [0.15, 0.2) is 0 Å². The first-order valence-corrected chi connectivity index (χ1v) is 7.82. The molecule has 1 fully saturated rings. The van der Waals surface area contributed by atoms with Gasteiger partial charge in [-0.05, 0) is 13.0 Å². The Balaban J connectivity index is 1.76. The Morgan fingerprint density at radius 3 is 2.81 bits per heavy atom. The van der Waals surface area contributed by atoms with Crippen molar-refractivity contribution < 1.29 is 0 Å². The van der Waals surface area contributed by atoms with Crippen LogP contribution in [0.2, 0.25) is 0 Å². The Morgan fingerprint density at radius 2 is 2.00 bits per heavy atom. The molecule has 0 saturated carbocycles. The van der Waals surface area contributed by atoms with Gasteiger partial charge in [0.25, 0.3) is 0 Å². The summed E-state index contributed by atoms with van der Waals surface area (Å²) in [7, 11) is 0. The molecule has 0 radical (unpaired) electrons. The zero-order valence-electron chi connectivity index (χ0n) is 12.4. The van der Waals surface area contributed by atoms with E-state index in [0.717, 1.165) is 31.9 Å². The maximum Gasteiger partial charge on any atom is 0.117 e. The van der Waals surface area contributed by atoms with Gasteiger partial charge < -0.3 is 5.32 Å². The zero-order valence-corrected chi connectivity index (χ0v) is 12.4. The number of aromatic nitrogens is 3. The molecule has 2 aliphatic rings. The van der Waals surface area contributed by atoms with E-state index in [1.165, 1.54) is 17.7 Å². The van der Waals surface area contributed by atoms with Crippen molar-refractivity contribution in [2.45, 2.75) is 32.0 Å². The van der Waals surface area contributed by atoms with Crippen LogP contribution in [0.15, 0.2) is 30.3 Å². The Bertz CT molecular complexity index is 621. The van der Waals surface area contributed by atoms with Gasteiger partial charge in [0.1, 0.15) is 5.69 Å². The molecule has 5 heteroatoms. The highest BCUT2D eigenvalue weighted by Gasteiger charge is 2.40. The topological polar surface area (TPSA) is 46.0 Å². The normalized spacial score (nSPS) is 24.8. The number of nitrogens with one attached hydrogen (secondary N) is 1. The van der Waals surface area contributed by atoms with Gasteiger partial charge in [-0.3, -0.25) is 4.90 Å². The average Bonchev–Trinajstić information content (AvgIpc) is 3.14. The maximum atomic E-state index is 4.48. The first-order chi connectivity index (χ1) is 10.4. The molecule has 0 amide bonds. The van der Waals surface area contributed by atoms with Crippen molar-refractivity contribution >= 4 is 0 Å². The molecular weight excluding hydrogens is 262 g/mol. The summed E-state index contributed by atoms with van der Waals surface area (Å²) < 4.78 is 2.17. The van der Waals surface area contributed by atoms with Gasteiger partial charge in [-0.2, -0.15) is 0 Å². The van der Waals surface area contributed by atoms with Crippen LogP contribution in [0, 0.1) is 0 Å². The van der Waals surface area contributed by atoms with Crippen molar-refractivity contribution in [3.05, 3.63) is 36.0 Å². The summed E-state index contributed by atoms with van der Waals surface area (Å²) >= 11 is 0. The van der Waals surface area contributed by atoms with E-state index in [1.807, 2.05) is 6.07 Å². The van der Waals surface area contributed by atoms with Crippen molar-refractivity contribution in [1.82, 2.24) is 25.2 Å². The lowest BCUT2D eigenvalue weighted by molar-refractivity contribution is 0.124. The zero-order chi connectivity index (χ0) is 14.2. The molecule has 4 rings (SSSR count). The number of rotatable bonds is 3. The number of fused-ring (bicyclic) bond motifs is 3. The molecule has 1 saturated heterocycles. The molecule has 2 aliphatic heterocycles. The third kappa shape index (κ3) is 2.08. The van der Waals surface area contributed by atoms with Crippen LogP contribution in [0.25, 0.3) is 11.3 Å². The molecular formula is C16H21N5. The van der Waals surface area contributed by atoms with E-state index < -0.39 is 0 Å². The lowest BCUT2D eigenvalue weighted by atomic mass is 10.0. The minimum atomic E-state index is 0.422. The Labute approximate surface area is 125 Å². The molecule has 5 nitrogen and oxygen atoms in total. The second-order valence-electron chi connectivity index (χ2n) is 5.96. The summed E-state index contributed by atoms with van der Waals surface area (Å²) in [5.41, 5.74) is 3.47. The van der Waals surface area contributed by atoms with Gasteiger partial charge >= 0.3 is 0 Å². The van der Waals surface area contributed by atoms with E-state index in [0.29, 0.717) is 12.1 Å². The van der Waals surface area contributed by atoms with E-state index in [9.17, 15) is 0 Å². The third-order valence-electron chi connectivity index (χ3n) is 4.64. The number of benzene rings is 1. The van der Waals surface area contributed by atoms with E-state index in [4.69, 9.17) is 0 Å². The van der Waals surface area contributed by atoms with E-state index >= 15 is 0 Å². The largest absolute Gasteiger partial charge is 0.313 e. The van der Waals surface area contributed by atoms with Gasteiger partial charge in [0.2, 0.25) is 0 Å². The molecule has 21 heavy (non-hydrogen) atoms. The highest BCUT2D eigenvalue weighted by molar-refractivity contribution is 5.61. The quantitative estimate of drug-likeness (QED) is 0.931. The van der Waals surface area contributed by atoms with Gasteiger partial charge in [-0.1, -0.05) is 42.5 Å². The fourth-order valence-electron chi connectivity index (χ4n) is 3.66. The van der Waals surface area contributed by atoms with Crippen molar-refractivity contribution in [2.75, 3.05) is 19.6 Å². The molecule has 0 bridgehead atoms. The molecule has 1 aromatic carbocycles. The molecule has 1 aromatic heterocycles. The van der Waals surface area contributed by atoms with Gasteiger partial charge in [-0.15, -0.1) is 5.10 Å². The number of hydrogen-bond donors (Lipinski definition) is 1. The summed E-state index contributed by atoms with van der Waals surface area (Å²) in [5.74, 6) is 0. The Kier molecular flexibility index (Phi) is 3.24. The fourth-order valence-corrected chi connectivity index (χ4v) is 3.66. The van der Waals surface area contributed by atoms with Crippen LogP contribution in [-0.2, 0) is 6.54 Å². The van der Waals surface area contributed by atoms with Gasteiger partial charge in [0, 0.05) is 31.2 Å². The maximum absolute atomic E-state index is 4.48. The third-order valence-corrected chi connectivity index (χ3v) is 4.64. The molecule has 2 aromatic rings. The summed E-state index contributed by atoms with van der Waals surface area (Å²) in [4.78, 5) is 2.59. The minimum Gasteiger partial charge on any atom is -0.313 e. The van der Waals surface area contributed by atoms with Crippen molar-refractivity contribution in [3.63, 3.8) is 0 Å². The second-order valence-corrected chi connectivity index (χ2v) is 5.96. The second kappa shape index (κ2) is 5.24. The summed E-state index contributed by atoms with van der Waals surface area (Å²) in [6.07, 6.45) is 1.19. The lowest BCUT2D eigenvalue weighted by Crippen LogP contribution is -2.46. The first kappa shape index (κ1) is 13.0. The molecule has 110 valence electrons. The van der Waals surface area contributed by atoms with E-state index in [2.05, 4.69) is 56.4 Å². The van der Waals surface area contributed by atoms with Crippen molar-refractivity contribution in [2.24, 2.45) is 0 Å². The molecule has 0 unspecified atom stereocenters. The molecule has 0 aliphatic carbocycles. The van der Waals surface area contributed by atoms with Gasteiger partial charge in [0.05, 0.1) is 11.7 Å². The molecule has 2 atom stereocenters. The number of hydrogen-bond acceptors (Lipinski definition) is 4. The Morgan fingerprint density at radius 1 is 1.19 bits per heavy atom. The van der Waals surface area contributed by atoms with Crippen LogP contribution in [0.1, 0.15) is 25.1 Å². The van der Waals surface area contributed by atoms with Crippen molar-refractivity contribution in [1.29, 1.82) is 0 Å². The average molecular weight is 283 g/mol. The highest BCUT2D eigenvalue weighted by atomic mass is 15.5. The smallest absolute Gasteiger partial charge is 0.117 e. The van der Waals surface area contributed by atoms with E-state index in [1.54, 1.807) is 0 Å². The molecule has 0 spiro atoms.